The average Bonchev–Trinajstić information content (AvgIpc) is 2.94. The molecule has 2 heterocycles. The van der Waals surface area contributed by atoms with E-state index in [2.05, 4.69) is 20.5 Å². The summed E-state index contributed by atoms with van der Waals surface area (Å²) < 4.78 is 1.58. The highest BCUT2D eigenvalue weighted by atomic mass is 35.5. The maximum absolute atomic E-state index is 12.2. The average molecular weight is 269 g/mol. The van der Waals surface area contributed by atoms with Crippen LogP contribution < -0.4 is 0 Å². The Labute approximate surface area is 109 Å². The van der Waals surface area contributed by atoms with Crippen molar-refractivity contribution in [2.24, 2.45) is 0 Å². The number of ketones is 1. The van der Waals surface area contributed by atoms with E-state index in [9.17, 15) is 4.79 Å². The highest BCUT2D eigenvalue weighted by molar-refractivity contribution is 6.34. The molecule has 0 spiro atoms. The van der Waals surface area contributed by atoms with Gasteiger partial charge in [-0.2, -0.15) is 20.5 Å². The normalized spacial score (nSPS) is 11.1. The first-order valence-electron chi connectivity index (χ1n) is 5.36. The number of aromatic nitrogens is 5. The van der Waals surface area contributed by atoms with Crippen molar-refractivity contribution in [1.82, 2.24) is 30.1 Å². The van der Waals surface area contributed by atoms with Crippen molar-refractivity contribution in [2.45, 2.75) is 6.54 Å². The van der Waals surface area contributed by atoms with Gasteiger partial charge in [0.15, 0.2) is 5.69 Å². The van der Waals surface area contributed by atoms with E-state index in [1.165, 1.54) is 12.4 Å². The molecular weight excluding hydrogens is 256 g/mol. The zero-order valence-electron chi connectivity index (χ0n) is 10.1. The maximum atomic E-state index is 12.2. The minimum absolute atomic E-state index is 0.225. The summed E-state index contributed by atoms with van der Waals surface area (Å²) in [7, 11) is 3.90. The molecule has 7 nitrogen and oxygen atoms in total. The molecule has 8 heteroatoms. The van der Waals surface area contributed by atoms with E-state index < -0.39 is 0 Å². The van der Waals surface area contributed by atoms with E-state index in [1.807, 2.05) is 19.0 Å². The molecule has 0 aliphatic heterocycles. The smallest absolute Gasteiger partial charge is 0.234 e. The van der Waals surface area contributed by atoms with Gasteiger partial charge in [0.1, 0.15) is 5.69 Å². The van der Waals surface area contributed by atoms with Crippen LogP contribution in [0.25, 0.3) is 0 Å². The fourth-order valence-corrected chi connectivity index (χ4v) is 1.71. The lowest BCUT2D eigenvalue weighted by Crippen LogP contribution is -2.21. The van der Waals surface area contributed by atoms with Gasteiger partial charge in [0.2, 0.25) is 5.78 Å². The Morgan fingerprint density at radius 2 is 2.28 bits per heavy atom. The Hall–Kier alpha value is -1.73. The number of hydrogen-bond donors (Lipinski definition) is 1. The molecule has 0 unspecified atom stereocenters. The zero-order valence-corrected chi connectivity index (χ0v) is 10.8. The molecule has 0 aliphatic carbocycles. The minimum atomic E-state index is -0.287. The molecule has 0 atom stereocenters. The predicted molar refractivity (Wildman–Crippen MR) is 65.6 cm³/mol. The molecule has 0 saturated heterocycles. The van der Waals surface area contributed by atoms with Gasteiger partial charge in [-0.1, -0.05) is 11.6 Å². The van der Waals surface area contributed by atoms with Crippen molar-refractivity contribution in [3.05, 3.63) is 28.8 Å². The molecule has 0 radical (unpaired) electrons. The quantitative estimate of drug-likeness (QED) is 0.797. The largest absolute Gasteiger partial charge is 0.308 e. The number of hydrogen-bond acceptors (Lipinski definition) is 5. The van der Waals surface area contributed by atoms with Gasteiger partial charge in [0, 0.05) is 6.54 Å². The molecular formula is C10H13ClN6O. The molecule has 2 aromatic rings. The number of nitrogens with one attached hydrogen (secondary N) is 1. The Balaban J connectivity index is 2.26. The second kappa shape index (κ2) is 5.28. The number of aromatic amines is 1. The van der Waals surface area contributed by atoms with E-state index in [-0.39, 0.29) is 11.5 Å². The molecule has 0 aromatic carbocycles. The standard InChI is InChI=1S/C10H13ClN6O/c1-16(2)3-4-17-9(7(11)5-13-17)10(18)8-6-12-15-14-8/h5-6H,3-4H2,1-2H3,(H,12,14,15). The first-order valence-corrected chi connectivity index (χ1v) is 5.74. The van der Waals surface area contributed by atoms with E-state index in [0.717, 1.165) is 6.54 Å². The van der Waals surface area contributed by atoms with Crippen molar-refractivity contribution in [1.29, 1.82) is 0 Å². The van der Waals surface area contributed by atoms with E-state index in [4.69, 9.17) is 11.6 Å². The van der Waals surface area contributed by atoms with Crippen molar-refractivity contribution in [3.63, 3.8) is 0 Å². The van der Waals surface area contributed by atoms with Gasteiger partial charge in [-0.15, -0.1) is 0 Å². The van der Waals surface area contributed by atoms with Crippen LogP contribution in [0.3, 0.4) is 0 Å². The molecule has 0 saturated carbocycles. The van der Waals surface area contributed by atoms with Crippen LogP contribution in [0.4, 0.5) is 0 Å². The van der Waals surface area contributed by atoms with Crippen molar-refractivity contribution in [3.8, 4) is 0 Å². The van der Waals surface area contributed by atoms with Crippen LogP contribution in [0.5, 0.6) is 0 Å². The summed E-state index contributed by atoms with van der Waals surface area (Å²) in [6, 6.07) is 0. The zero-order chi connectivity index (χ0) is 13.1. The molecule has 96 valence electrons. The third-order valence-corrected chi connectivity index (χ3v) is 2.69. The highest BCUT2D eigenvalue weighted by Crippen LogP contribution is 2.18. The second-order valence-corrected chi connectivity index (χ2v) is 4.46. The fraction of sp³-hybridized carbons (Fsp3) is 0.400. The lowest BCUT2D eigenvalue weighted by Gasteiger charge is -2.11. The number of likely N-dealkylation sites (N-methyl/N-ethyl adjacent to an activating group) is 1. The molecule has 0 amide bonds. The predicted octanol–water partition coefficient (Wildman–Crippen LogP) is 0.447. The first-order chi connectivity index (χ1) is 8.59. The Morgan fingerprint density at radius 3 is 2.89 bits per heavy atom. The molecule has 0 bridgehead atoms. The summed E-state index contributed by atoms with van der Waals surface area (Å²) in [5, 5.41) is 14.2. The third kappa shape index (κ3) is 2.57. The van der Waals surface area contributed by atoms with E-state index in [1.54, 1.807) is 4.68 Å². The Morgan fingerprint density at radius 1 is 1.50 bits per heavy atom. The number of halogens is 1. The van der Waals surface area contributed by atoms with Crippen molar-refractivity contribution >= 4 is 17.4 Å². The van der Waals surface area contributed by atoms with Crippen LogP contribution in [0.15, 0.2) is 12.4 Å². The number of rotatable bonds is 5. The molecule has 1 N–H and O–H groups in total. The molecule has 18 heavy (non-hydrogen) atoms. The first kappa shape index (κ1) is 12.7. The van der Waals surface area contributed by atoms with Crippen LogP contribution in [-0.2, 0) is 6.54 Å². The second-order valence-electron chi connectivity index (χ2n) is 4.05. The van der Waals surface area contributed by atoms with Crippen LogP contribution >= 0.6 is 11.6 Å². The SMILES string of the molecule is CN(C)CCn1ncc(Cl)c1C(=O)c1cn[nH]n1. The van der Waals surface area contributed by atoms with Crippen LogP contribution in [-0.4, -0.2) is 56.5 Å². The van der Waals surface area contributed by atoms with Gasteiger partial charge in [-0.05, 0) is 14.1 Å². The lowest BCUT2D eigenvalue weighted by molar-refractivity contribution is 0.102. The van der Waals surface area contributed by atoms with Gasteiger partial charge in [-0.3, -0.25) is 9.48 Å². The van der Waals surface area contributed by atoms with E-state index >= 15 is 0 Å². The van der Waals surface area contributed by atoms with Crippen LogP contribution in [0, 0.1) is 0 Å². The van der Waals surface area contributed by atoms with Crippen LogP contribution in [0.1, 0.15) is 16.2 Å². The maximum Gasteiger partial charge on any atom is 0.234 e. The van der Waals surface area contributed by atoms with E-state index in [0.29, 0.717) is 17.3 Å². The number of carbonyl (C=O) groups is 1. The summed E-state index contributed by atoms with van der Waals surface area (Å²) in [4.78, 5) is 14.2. The summed E-state index contributed by atoms with van der Waals surface area (Å²) in [6.07, 6.45) is 2.83. The molecule has 2 rings (SSSR count). The number of carbonyl (C=O) groups excluding carboxylic acids is 1. The summed E-state index contributed by atoms with van der Waals surface area (Å²) in [6.45, 7) is 1.34. The van der Waals surface area contributed by atoms with Gasteiger partial charge in [-0.25, -0.2) is 0 Å². The number of H-pyrrole nitrogens is 1. The van der Waals surface area contributed by atoms with Crippen molar-refractivity contribution < 1.29 is 4.79 Å². The van der Waals surface area contributed by atoms with Crippen molar-refractivity contribution in [2.75, 3.05) is 20.6 Å². The topological polar surface area (TPSA) is 79.7 Å². The summed E-state index contributed by atoms with van der Waals surface area (Å²) in [5.74, 6) is -0.287. The Kier molecular flexibility index (Phi) is 3.73. The summed E-state index contributed by atoms with van der Waals surface area (Å²) in [5.41, 5.74) is 0.566. The van der Waals surface area contributed by atoms with Crippen LogP contribution in [0.2, 0.25) is 5.02 Å². The summed E-state index contributed by atoms with van der Waals surface area (Å²) >= 11 is 6.00. The highest BCUT2D eigenvalue weighted by Gasteiger charge is 2.21. The molecule has 0 fully saturated rings. The third-order valence-electron chi connectivity index (χ3n) is 2.42. The lowest BCUT2D eigenvalue weighted by atomic mass is 10.2. The monoisotopic (exact) mass is 268 g/mol. The fourth-order valence-electron chi connectivity index (χ4n) is 1.48. The minimum Gasteiger partial charge on any atom is -0.308 e. The van der Waals surface area contributed by atoms with Gasteiger partial charge in [0.25, 0.3) is 0 Å². The molecule has 0 aliphatic rings. The Bertz CT molecular complexity index is 533. The van der Waals surface area contributed by atoms with Gasteiger partial charge < -0.3 is 4.90 Å². The van der Waals surface area contributed by atoms with Gasteiger partial charge >= 0.3 is 0 Å². The molecule has 2 aromatic heterocycles. The number of nitrogens with zero attached hydrogens (tertiary/aromatic N) is 5. The van der Waals surface area contributed by atoms with Gasteiger partial charge in [0.05, 0.1) is 24.0 Å².